The van der Waals surface area contributed by atoms with Crippen LogP contribution in [-0.2, 0) is 17.8 Å². The molecule has 0 aromatic heterocycles. The zero-order chi connectivity index (χ0) is 15.1. The number of carbonyl (C=O) groups excluding carboxylic acids is 1. The van der Waals surface area contributed by atoms with Crippen molar-refractivity contribution in [1.82, 2.24) is 5.32 Å². The van der Waals surface area contributed by atoms with Crippen LogP contribution in [0.2, 0.25) is 10.0 Å². The summed E-state index contributed by atoms with van der Waals surface area (Å²) >= 11 is 11.9. The van der Waals surface area contributed by atoms with Gasteiger partial charge in [0.05, 0.1) is 0 Å². The number of hydrogen-bond donors (Lipinski definition) is 1. The molecule has 0 aliphatic carbocycles. The van der Waals surface area contributed by atoms with Crippen LogP contribution in [0.25, 0.3) is 0 Å². The third-order valence-corrected chi connectivity index (χ3v) is 3.84. The van der Waals surface area contributed by atoms with Gasteiger partial charge in [-0.3, -0.25) is 4.79 Å². The normalized spacial score (nSPS) is 10.4. The summed E-state index contributed by atoms with van der Waals surface area (Å²) in [6.07, 6.45) is 2.19. The second-order valence-electron chi connectivity index (χ2n) is 4.85. The number of halogens is 2. The molecule has 110 valence electrons. The number of nitrogens with one attached hydrogen (secondary N) is 1. The Morgan fingerprint density at radius 2 is 1.71 bits per heavy atom. The molecule has 0 bridgehead atoms. The Balaban J connectivity index is 1.70. The summed E-state index contributed by atoms with van der Waals surface area (Å²) in [7, 11) is 0. The van der Waals surface area contributed by atoms with Crippen LogP contribution < -0.4 is 5.32 Å². The van der Waals surface area contributed by atoms with E-state index in [9.17, 15) is 4.79 Å². The van der Waals surface area contributed by atoms with Gasteiger partial charge < -0.3 is 5.32 Å². The topological polar surface area (TPSA) is 29.1 Å². The van der Waals surface area contributed by atoms with Crippen LogP contribution >= 0.6 is 23.2 Å². The van der Waals surface area contributed by atoms with E-state index < -0.39 is 0 Å². The van der Waals surface area contributed by atoms with Gasteiger partial charge in [-0.05, 0) is 42.2 Å². The summed E-state index contributed by atoms with van der Waals surface area (Å²) in [5, 5.41) is 4.30. The monoisotopic (exact) mass is 321 g/mol. The second-order valence-corrected chi connectivity index (χ2v) is 5.69. The Morgan fingerprint density at radius 1 is 1.00 bits per heavy atom. The van der Waals surface area contributed by atoms with E-state index in [2.05, 4.69) is 5.32 Å². The Morgan fingerprint density at radius 3 is 2.43 bits per heavy atom. The van der Waals surface area contributed by atoms with Crippen molar-refractivity contribution in [3.05, 3.63) is 69.7 Å². The highest BCUT2D eigenvalue weighted by atomic mass is 35.5. The van der Waals surface area contributed by atoms with Crippen LogP contribution in [0.3, 0.4) is 0 Å². The quantitative estimate of drug-likeness (QED) is 0.825. The van der Waals surface area contributed by atoms with Gasteiger partial charge in [0.1, 0.15) is 0 Å². The lowest BCUT2D eigenvalue weighted by molar-refractivity contribution is -0.121. The van der Waals surface area contributed by atoms with Crippen molar-refractivity contribution in [3.8, 4) is 0 Å². The molecule has 0 aliphatic rings. The lowest BCUT2D eigenvalue weighted by Gasteiger charge is -2.07. The molecule has 1 N–H and O–H groups in total. The van der Waals surface area contributed by atoms with Crippen molar-refractivity contribution in [3.63, 3.8) is 0 Å². The molecule has 2 nitrogen and oxygen atoms in total. The van der Waals surface area contributed by atoms with E-state index >= 15 is 0 Å². The summed E-state index contributed by atoms with van der Waals surface area (Å²) in [5.41, 5.74) is 2.13. The fourth-order valence-corrected chi connectivity index (χ4v) is 2.36. The standard InChI is InChI=1S/C17H17Cl2NO/c18-15-10-8-13(9-11-15)4-3-7-17(21)20-12-14-5-1-2-6-16(14)19/h1-2,5-6,8-11H,3-4,7,12H2,(H,20,21). The van der Waals surface area contributed by atoms with Gasteiger partial charge in [0, 0.05) is 23.0 Å². The first-order valence-corrected chi connectivity index (χ1v) is 7.65. The molecule has 2 aromatic rings. The van der Waals surface area contributed by atoms with E-state index in [1.807, 2.05) is 48.5 Å². The minimum atomic E-state index is 0.0453. The molecule has 0 unspecified atom stereocenters. The number of hydrogen-bond acceptors (Lipinski definition) is 1. The van der Waals surface area contributed by atoms with Crippen molar-refractivity contribution < 1.29 is 4.79 Å². The first-order valence-electron chi connectivity index (χ1n) is 6.90. The summed E-state index contributed by atoms with van der Waals surface area (Å²) in [4.78, 5) is 11.8. The molecule has 0 spiro atoms. The van der Waals surface area contributed by atoms with Gasteiger partial charge in [-0.1, -0.05) is 53.5 Å². The Labute approximate surface area is 135 Å². The molecule has 21 heavy (non-hydrogen) atoms. The molecule has 2 aromatic carbocycles. The van der Waals surface area contributed by atoms with E-state index in [1.54, 1.807) is 0 Å². The summed E-state index contributed by atoms with van der Waals surface area (Å²) < 4.78 is 0. The lowest BCUT2D eigenvalue weighted by Crippen LogP contribution is -2.22. The molecule has 2 rings (SSSR count). The lowest BCUT2D eigenvalue weighted by atomic mass is 10.1. The van der Waals surface area contributed by atoms with Gasteiger partial charge in [0.15, 0.2) is 0 Å². The minimum Gasteiger partial charge on any atom is -0.352 e. The first-order chi connectivity index (χ1) is 10.1. The average molecular weight is 322 g/mol. The SMILES string of the molecule is O=C(CCCc1ccc(Cl)cc1)NCc1ccccc1Cl. The van der Waals surface area contributed by atoms with Crippen molar-refractivity contribution in [2.45, 2.75) is 25.8 Å². The molecule has 0 heterocycles. The van der Waals surface area contributed by atoms with Crippen LogP contribution in [0, 0.1) is 0 Å². The summed E-state index contributed by atoms with van der Waals surface area (Å²) in [6, 6.07) is 15.2. The van der Waals surface area contributed by atoms with Crippen molar-refractivity contribution in [2.24, 2.45) is 0 Å². The van der Waals surface area contributed by atoms with E-state index in [0.717, 1.165) is 23.4 Å². The Hall–Kier alpha value is -1.51. The highest BCUT2D eigenvalue weighted by Crippen LogP contribution is 2.14. The molecule has 0 aliphatic heterocycles. The van der Waals surface area contributed by atoms with Crippen LogP contribution in [-0.4, -0.2) is 5.91 Å². The maximum absolute atomic E-state index is 11.8. The van der Waals surface area contributed by atoms with E-state index in [-0.39, 0.29) is 5.91 Å². The first kappa shape index (κ1) is 15.9. The molecule has 0 radical (unpaired) electrons. The molecular formula is C17H17Cl2NO. The van der Waals surface area contributed by atoms with Gasteiger partial charge in [-0.25, -0.2) is 0 Å². The van der Waals surface area contributed by atoms with Gasteiger partial charge in [-0.15, -0.1) is 0 Å². The van der Waals surface area contributed by atoms with Gasteiger partial charge in [0.25, 0.3) is 0 Å². The van der Waals surface area contributed by atoms with Crippen LogP contribution in [0.15, 0.2) is 48.5 Å². The fourth-order valence-electron chi connectivity index (χ4n) is 2.03. The molecule has 4 heteroatoms. The summed E-state index contributed by atoms with van der Waals surface area (Å²) in [6.45, 7) is 0.472. The summed E-state index contributed by atoms with van der Waals surface area (Å²) in [5.74, 6) is 0.0453. The van der Waals surface area contributed by atoms with Gasteiger partial charge in [0.2, 0.25) is 5.91 Å². The third-order valence-electron chi connectivity index (χ3n) is 3.22. The third kappa shape index (κ3) is 5.41. The molecule has 0 atom stereocenters. The minimum absolute atomic E-state index is 0.0453. The zero-order valence-corrected chi connectivity index (χ0v) is 13.1. The maximum Gasteiger partial charge on any atom is 0.220 e. The van der Waals surface area contributed by atoms with Crippen LogP contribution in [0.4, 0.5) is 0 Å². The number of amides is 1. The predicted octanol–water partition coefficient (Wildman–Crippen LogP) is 4.63. The highest BCUT2D eigenvalue weighted by Gasteiger charge is 2.04. The van der Waals surface area contributed by atoms with E-state index in [1.165, 1.54) is 5.56 Å². The van der Waals surface area contributed by atoms with Crippen molar-refractivity contribution in [2.75, 3.05) is 0 Å². The zero-order valence-electron chi connectivity index (χ0n) is 11.6. The molecular weight excluding hydrogens is 305 g/mol. The maximum atomic E-state index is 11.8. The Bertz CT molecular complexity index is 596. The molecule has 1 amide bonds. The Kier molecular flexibility index (Phi) is 6.09. The van der Waals surface area contributed by atoms with Crippen molar-refractivity contribution in [1.29, 1.82) is 0 Å². The number of rotatable bonds is 6. The smallest absolute Gasteiger partial charge is 0.220 e. The molecule has 0 fully saturated rings. The molecule has 0 saturated carbocycles. The highest BCUT2D eigenvalue weighted by molar-refractivity contribution is 6.31. The predicted molar refractivity (Wildman–Crippen MR) is 87.7 cm³/mol. The van der Waals surface area contributed by atoms with Crippen molar-refractivity contribution >= 4 is 29.1 Å². The second kappa shape index (κ2) is 8.06. The average Bonchev–Trinajstić information content (AvgIpc) is 2.48. The van der Waals surface area contributed by atoms with Crippen LogP contribution in [0.5, 0.6) is 0 Å². The molecule has 0 saturated heterocycles. The number of aryl methyl sites for hydroxylation is 1. The van der Waals surface area contributed by atoms with Crippen LogP contribution in [0.1, 0.15) is 24.0 Å². The van der Waals surface area contributed by atoms with E-state index in [4.69, 9.17) is 23.2 Å². The van der Waals surface area contributed by atoms with E-state index in [0.29, 0.717) is 18.0 Å². The largest absolute Gasteiger partial charge is 0.352 e. The number of carbonyl (C=O) groups is 1. The van der Waals surface area contributed by atoms with Gasteiger partial charge in [-0.2, -0.15) is 0 Å². The van der Waals surface area contributed by atoms with Gasteiger partial charge >= 0.3 is 0 Å². The number of benzene rings is 2. The fraction of sp³-hybridized carbons (Fsp3) is 0.235.